The van der Waals surface area contributed by atoms with Gasteiger partial charge in [-0.1, -0.05) is 49.6 Å². The van der Waals surface area contributed by atoms with Gasteiger partial charge in [-0.15, -0.1) is 0 Å². The molecule has 0 aromatic heterocycles. The molecule has 2 nitrogen and oxygen atoms in total. The van der Waals surface area contributed by atoms with Crippen LogP contribution in [-0.2, 0) is 15.3 Å². The number of ether oxygens (including phenoxy) is 2. The largest absolute Gasteiger partial charge is 0.342 e. The maximum absolute atomic E-state index is 14.1. The molecule has 0 radical (unpaired) electrons. The monoisotopic (exact) mass is 260 g/mol. The molecule has 0 aliphatic carbocycles. The van der Waals surface area contributed by atoms with Crippen molar-refractivity contribution in [3.8, 4) is 0 Å². The standard InChI is InChI=1S/C16H17FO2/c1-3-4-8-13(2)16(18-11-7-12-19-16)14-9-5-6-10-15(14)17/h3-6,8-10H,1-2,7,11-12H2/b8-4-. The molecule has 1 aliphatic heterocycles. The number of hydrogen-bond acceptors (Lipinski definition) is 2. The third-order valence-corrected chi connectivity index (χ3v) is 2.98. The zero-order chi connectivity index (χ0) is 13.7. The van der Waals surface area contributed by atoms with E-state index < -0.39 is 5.79 Å². The summed E-state index contributed by atoms with van der Waals surface area (Å²) in [5.74, 6) is -1.60. The van der Waals surface area contributed by atoms with Gasteiger partial charge in [0.15, 0.2) is 0 Å². The molecule has 1 heterocycles. The molecule has 0 spiro atoms. The third kappa shape index (κ3) is 2.67. The minimum Gasteiger partial charge on any atom is -0.342 e. The minimum atomic E-state index is -1.23. The molecule has 0 saturated carbocycles. The van der Waals surface area contributed by atoms with Crippen LogP contribution in [0.2, 0.25) is 0 Å². The second-order valence-corrected chi connectivity index (χ2v) is 4.27. The average Bonchev–Trinajstić information content (AvgIpc) is 2.46. The molecule has 0 N–H and O–H groups in total. The summed E-state index contributed by atoms with van der Waals surface area (Å²) in [5, 5.41) is 0. The second kappa shape index (κ2) is 5.95. The van der Waals surface area contributed by atoms with E-state index in [0.717, 1.165) is 6.42 Å². The van der Waals surface area contributed by atoms with Gasteiger partial charge >= 0.3 is 0 Å². The van der Waals surface area contributed by atoms with Crippen LogP contribution in [0.3, 0.4) is 0 Å². The molecule has 1 fully saturated rings. The van der Waals surface area contributed by atoms with Crippen LogP contribution in [0.15, 0.2) is 61.2 Å². The Hall–Kier alpha value is -1.71. The number of rotatable bonds is 4. The van der Waals surface area contributed by atoms with Crippen molar-refractivity contribution >= 4 is 0 Å². The molecule has 2 rings (SSSR count). The highest BCUT2D eigenvalue weighted by atomic mass is 19.1. The predicted molar refractivity (Wildman–Crippen MR) is 73.1 cm³/mol. The van der Waals surface area contributed by atoms with E-state index in [4.69, 9.17) is 9.47 Å². The van der Waals surface area contributed by atoms with Crippen LogP contribution in [0.25, 0.3) is 0 Å². The van der Waals surface area contributed by atoms with Crippen molar-refractivity contribution in [2.24, 2.45) is 0 Å². The van der Waals surface area contributed by atoms with Gasteiger partial charge in [-0.25, -0.2) is 4.39 Å². The van der Waals surface area contributed by atoms with E-state index in [1.807, 2.05) is 0 Å². The summed E-state index contributed by atoms with van der Waals surface area (Å²) in [6.07, 6.45) is 5.87. The van der Waals surface area contributed by atoms with E-state index in [1.54, 1.807) is 36.4 Å². The van der Waals surface area contributed by atoms with Gasteiger partial charge in [0.05, 0.1) is 18.8 Å². The first-order chi connectivity index (χ1) is 9.20. The summed E-state index contributed by atoms with van der Waals surface area (Å²) in [4.78, 5) is 0. The van der Waals surface area contributed by atoms with Crippen molar-refractivity contribution in [2.45, 2.75) is 12.2 Å². The van der Waals surface area contributed by atoms with Gasteiger partial charge in [0, 0.05) is 5.57 Å². The highest BCUT2D eigenvalue weighted by molar-refractivity contribution is 5.36. The number of halogens is 1. The van der Waals surface area contributed by atoms with Gasteiger partial charge in [-0.2, -0.15) is 0 Å². The lowest BCUT2D eigenvalue weighted by atomic mass is 9.96. The number of benzene rings is 1. The normalized spacial score (nSPS) is 18.4. The molecule has 1 aromatic carbocycles. The fraction of sp³-hybridized carbons (Fsp3) is 0.250. The van der Waals surface area contributed by atoms with E-state index in [2.05, 4.69) is 13.2 Å². The Balaban J connectivity index is 2.45. The lowest BCUT2D eigenvalue weighted by molar-refractivity contribution is -0.251. The van der Waals surface area contributed by atoms with E-state index in [9.17, 15) is 4.39 Å². The fourth-order valence-electron chi connectivity index (χ4n) is 2.07. The van der Waals surface area contributed by atoms with Gasteiger partial charge in [-0.3, -0.25) is 0 Å². The Morgan fingerprint density at radius 2 is 1.95 bits per heavy atom. The van der Waals surface area contributed by atoms with Crippen molar-refractivity contribution in [2.75, 3.05) is 13.2 Å². The van der Waals surface area contributed by atoms with Crippen LogP contribution < -0.4 is 0 Å². The molecule has 3 heteroatoms. The van der Waals surface area contributed by atoms with Gasteiger partial charge in [0.2, 0.25) is 5.79 Å². The Kier molecular flexibility index (Phi) is 4.30. The average molecular weight is 260 g/mol. The van der Waals surface area contributed by atoms with Gasteiger partial charge < -0.3 is 9.47 Å². The molecule has 0 atom stereocenters. The Morgan fingerprint density at radius 1 is 1.26 bits per heavy atom. The zero-order valence-corrected chi connectivity index (χ0v) is 10.8. The van der Waals surface area contributed by atoms with Gasteiger partial charge in [-0.05, 0) is 12.5 Å². The quantitative estimate of drug-likeness (QED) is 0.768. The first kappa shape index (κ1) is 13.7. The Bertz CT molecular complexity index is 499. The molecule has 0 bridgehead atoms. The predicted octanol–water partition coefficient (Wildman–Crippen LogP) is 3.71. The maximum Gasteiger partial charge on any atom is 0.224 e. The van der Waals surface area contributed by atoms with Crippen molar-refractivity contribution in [1.82, 2.24) is 0 Å². The van der Waals surface area contributed by atoms with Crippen molar-refractivity contribution in [3.05, 3.63) is 72.6 Å². The maximum atomic E-state index is 14.1. The van der Waals surface area contributed by atoms with E-state index in [0.29, 0.717) is 24.4 Å². The van der Waals surface area contributed by atoms with Crippen molar-refractivity contribution in [3.63, 3.8) is 0 Å². The first-order valence-corrected chi connectivity index (χ1v) is 6.22. The minimum absolute atomic E-state index is 0.355. The van der Waals surface area contributed by atoms with Crippen LogP contribution in [0, 0.1) is 5.82 Å². The summed E-state index contributed by atoms with van der Waals surface area (Å²) >= 11 is 0. The van der Waals surface area contributed by atoms with Crippen LogP contribution in [-0.4, -0.2) is 13.2 Å². The van der Waals surface area contributed by atoms with E-state index in [1.165, 1.54) is 6.07 Å². The van der Waals surface area contributed by atoms with Gasteiger partial charge in [0.1, 0.15) is 5.82 Å². The summed E-state index contributed by atoms with van der Waals surface area (Å²) in [7, 11) is 0. The third-order valence-electron chi connectivity index (χ3n) is 2.98. The lowest BCUT2D eigenvalue weighted by Crippen LogP contribution is -2.39. The SMILES string of the molecule is C=C/C=C\C(=C)C1(c2ccccc2F)OCCCO1. The topological polar surface area (TPSA) is 18.5 Å². The molecule has 19 heavy (non-hydrogen) atoms. The Morgan fingerprint density at radius 3 is 2.58 bits per heavy atom. The van der Waals surface area contributed by atoms with Crippen LogP contribution >= 0.6 is 0 Å². The van der Waals surface area contributed by atoms with E-state index >= 15 is 0 Å². The summed E-state index contributed by atoms with van der Waals surface area (Å²) < 4.78 is 25.5. The van der Waals surface area contributed by atoms with Gasteiger partial charge in [0.25, 0.3) is 0 Å². The first-order valence-electron chi connectivity index (χ1n) is 6.22. The van der Waals surface area contributed by atoms with Crippen LogP contribution in [0.4, 0.5) is 4.39 Å². The van der Waals surface area contributed by atoms with Crippen LogP contribution in [0.5, 0.6) is 0 Å². The molecule has 1 aliphatic rings. The van der Waals surface area contributed by atoms with E-state index in [-0.39, 0.29) is 5.82 Å². The highest BCUT2D eigenvalue weighted by Gasteiger charge is 2.40. The summed E-state index contributed by atoms with van der Waals surface area (Å²) in [6, 6.07) is 6.44. The molecule has 1 aromatic rings. The molecule has 0 amide bonds. The molecule has 100 valence electrons. The lowest BCUT2D eigenvalue weighted by Gasteiger charge is -2.38. The smallest absolute Gasteiger partial charge is 0.224 e. The van der Waals surface area contributed by atoms with Crippen molar-refractivity contribution in [1.29, 1.82) is 0 Å². The zero-order valence-electron chi connectivity index (χ0n) is 10.8. The van der Waals surface area contributed by atoms with Crippen molar-refractivity contribution < 1.29 is 13.9 Å². The molecular formula is C16H17FO2. The molecule has 0 unspecified atom stereocenters. The number of allylic oxidation sites excluding steroid dienone is 2. The van der Waals surface area contributed by atoms with Crippen LogP contribution in [0.1, 0.15) is 12.0 Å². The summed E-state index contributed by atoms with van der Waals surface area (Å²) in [5.41, 5.74) is 0.908. The highest BCUT2D eigenvalue weighted by Crippen LogP contribution is 2.38. The fourth-order valence-corrected chi connectivity index (χ4v) is 2.07. The Labute approximate surface area is 112 Å². The molecule has 1 saturated heterocycles. The molecular weight excluding hydrogens is 243 g/mol. The number of hydrogen-bond donors (Lipinski definition) is 0. The second-order valence-electron chi connectivity index (χ2n) is 4.27. The summed E-state index contributed by atoms with van der Waals surface area (Å²) in [6.45, 7) is 8.58.